The number of nitrogens with one attached hydrogen (secondary N) is 1. The van der Waals surface area contributed by atoms with E-state index >= 15 is 0 Å². The van der Waals surface area contributed by atoms with Crippen molar-refractivity contribution in [1.29, 1.82) is 0 Å². The number of amides is 1. The van der Waals surface area contributed by atoms with Gasteiger partial charge in [-0.3, -0.25) is 9.59 Å². The van der Waals surface area contributed by atoms with Crippen LogP contribution in [0.25, 0.3) is 0 Å². The predicted molar refractivity (Wildman–Crippen MR) is 73.1 cm³/mol. The molecule has 0 aliphatic heterocycles. The van der Waals surface area contributed by atoms with Crippen LogP contribution >= 0.6 is 11.6 Å². The molecule has 1 atom stereocenters. The molecule has 1 aromatic heterocycles. The van der Waals surface area contributed by atoms with Crippen molar-refractivity contribution in [3.05, 3.63) is 23.5 Å². The first-order chi connectivity index (χ1) is 8.77. The first kappa shape index (κ1) is 15.4. The van der Waals surface area contributed by atoms with Crippen LogP contribution in [0.1, 0.15) is 27.2 Å². The minimum absolute atomic E-state index is 0.120. The Morgan fingerprint density at radius 1 is 1.53 bits per heavy atom. The fraction of sp³-hybridized carbons (Fsp3) is 0.462. The number of pyridine rings is 1. The van der Waals surface area contributed by atoms with Crippen molar-refractivity contribution >= 4 is 29.2 Å². The van der Waals surface area contributed by atoms with Gasteiger partial charge in [0.25, 0.3) is 0 Å². The summed E-state index contributed by atoms with van der Waals surface area (Å²) in [4.78, 5) is 27.1. The molecule has 6 heteroatoms. The molecule has 5 nitrogen and oxygen atoms in total. The molecule has 0 aliphatic rings. The molecule has 0 saturated heterocycles. The summed E-state index contributed by atoms with van der Waals surface area (Å²) < 4.78 is 0. The van der Waals surface area contributed by atoms with Gasteiger partial charge in [-0.25, -0.2) is 4.98 Å². The molecule has 1 rings (SSSR count). The third-order valence-corrected chi connectivity index (χ3v) is 3.62. The van der Waals surface area contributed by atoms with Crippen LogP contribution in [0.2, 0.25) is 5.15 Å². The lowest BCUT2D eigenvalue weighted by molar-refractivity contribution is -0.153. The number of carbonyl (C=O) groups is 2. The van der Waals surface area contributed by atoms with E-state index in [4.69, 9.17) is 11.6 Å². The number of carbonyl (C=O) groups excluding carboxylic acids is 1. The maximum atomic E-state index is 11.9. The highest BCUT2D eigenvalue weighted by atomic mass is 35.5. The van der Waals surface area contributed by atoms with E-state index in [1.807, 2.05) is 0 Å². The molecule has 2 N–H and O–H groups in total. The summed E-state index contributed by atoms with van der Waals surface area (Å²) >= 11 is 5.82. The van der Waals surface area contributed by atoms with Crippen molar-refractivity contribution in [3.8, 4) is 0 Å². The van der Waals surface area contributed by atoms with Crippen LogP contribution in [0.15, 0.2) is 18.3 Å². The van der Waals surface area contributed by atoms with Gasteiger partial charge in [-0.05, 0) is 25.0 Å². The molecule has 1 aromatic rings. The second-order valence-electron chi connectivity index (χ2n) is 4.94. The van der Waals surface area contributed by atoms with E-state index < -0.39 is 17.3 Å². The third-order valence-electron chi connectivity index (χ3n) is 3.32. The van der Waals surface area contributed by atoms with E-state index in [1.54, 1.807) is 32.9 Å². The largest absolute Gasteiger partial charge is 0.481 e. The normalized spacial score (nSPS) is 13.9. The highest BCUT2D eigenvalue weighted by Gasteiger charge is 2.38. The standard InChI is InChI=1S/C13H17ClN2O3/c1-8(2)13(3,12(18)19)7-10(17)16-9-5-4-6-15-11(9)14/h4-6,8H,7H2,1-3H3,(H,16,17)(H,18,19). The van der Waals surface area contributed by atoms with Crippen LogP contribution in [0.3, 0.4) is 0 Å². The number of halogens is 1. The molecular formula is C13H17ClN2O3. The second-order valence-corrected chi connectivity index (χ2v) is 5.30. The Kier molecular flexibility index (Phi) is 4.89. The van der Waals surface area contributed by atoms with Gasteiger partial charge in [0.15, 0.2) is 5.15 Å². The summed E-state index contributed by atoms with van der Waals surface area (Å²) in [6.07, 6.45) is 1.39. The average molecular weight is 285 g/mol. The molecule has 0 aliphatic carbocycles. The van der Waals surface area contributed by atoms with Gasteiger partial charge in [-0.15, -0.1) is 0 Å². The van der Waals surface area contributed by atoms with Crippen LogP contribution in [0.5, 0.6) is 0 Å². The minimum Gasteiger partial charge on any atom is -0.481 e. The number of anilines is 1. The number of carboxylic acids is 1. The quantitative estimate of drug-likeness (QED) is 0.815. The number of aliphatic carboxylic acids is 1. The molecule has 1 amide bonds. The molecule has 0 fully saturated rings. The molecule has 1 heterocycles. The lowest BCUT2D eigenvalue weighted by atomic mass is 9.76. The van der Waals surface area contributed by atoms with Gasteiger partial charge in [-0.2, -0.15) is 0 Å². The molecular weight excluding hydrogens is 268 g/mol. The number of aromatic nitrogens is 1. The van der Waals surface area contributed by atoms with Crippen molar-refractivity contribution in [2.75, 3.05) is 5.32 Å². The zero-order valence-electron chi connectivity index (χ0n) is 11.1. The first-order valence-corrected chi connectivity index (χ1v) is 6.29. The molecule has 0 bridgehead atoms. The Hall–Kier alpha value is -1.62. The zero-order chi connectivity index (χ0) is 14.6. The van der Waals surface area contributed by atoms with Gasteiger partial charge in [0.05, 0.1) is 11.1 Å². The average Bonchev–Trinajstić information content (AvgIpc) is 2.31. The predicted octanol–water partition coefficient (Wildman–Crippen LogP) is 2.81. The number of nitrogens with zero attached hydrogens (tertiary/aromatic N) is 1. The van der Waals surface area contributed by atoms with Gasteiger partial charge < -0.3 is 10.4 Å². The lowest BCUT2D eigenvalue weighted by Crippen LogP contribution is -2.37. The van der Waals surface area contributed by atoms with Crippen molar-refractivity contribution in [2.24, 2.45) is 11.3 Å². The monoisotopic (exact) mass is 284 g/mol. The van der Waals surface area contributed by atoms with Crippen LogP contribution in [0.4, 0.5) is 5.69 Å². The molecule has 104 valence electrons. The Labute approximate surface area is 117 Å². The Balaban J connectivity index is 2.80. The van der Waals surface area contributed by atoms with E-state index in [-0.39, 0.29) is 17.5 Å². The van der Waals surface area contributed by atoms with E-state index in [1.165, 1.54) is 6.20 Å². The Morgan fingerprint density at radius 2 is 2.16 bits per heavy atom. The first-order valence-electron chi connectivity index (χ1n) is 5.91. The van der Waals surface area contributed by atoms with E-state index in [9.17, 15) is 14.7 Å². The summed E-state index contributed by atoms with van der Waals surface area (Å²) in [7, 11) is 0. The zero-order valence-corrected chi connectivity index (χ0v) is 11.9. The third kappa shape index (κ3) is 3.67. The van der Waals surface area contributed by atoms with Gasteiger partial charge in [0, 0.05) is 12.6 Å². The fourth-order valence-corrected chi connectivity index (χ4v) is 1.70. The number of carboxylic acid groups (broad SMARTS) is 1. The van der Waals surface area contributed by atoms with Crippen molar-refractivity contribution < 1.29 is 14.7 Å². The maximum absolute atomic E-state index is 11.9. The second kappa shape index (κ2) is 6.02. The van der Waals surface area contributed by atoms with Crippen LogP contribution in [-0.4, -0.2) is 22.0 Å². The summed E-state index contributed by atoms with van der Waals surface area (Å²) in [5, 5.41) is 12.0. The number of rotatable bonds is 5. The van der Waals surface area contributed by atoms with Gasteiger partial charge in [0.2, 0.25) is 5.91 Å². The summed E-state index contributed by atoms with van der Waals surface area (Å²) in [5.74, 6) is -1.55. The van der Waals surface area contributed by atoms with Crippen molar-refractivity contribution in [2.45, 2.75) is 27.2 Å². The van der Waals surface area contributed by atoms with Crippen LogP contribution in [-0.2, 0) is 9.59 Å². The topological polar surface area (TPSA) is 79.3 Å². The summed E-state index contributed by atoms with van der Waals surface area (Å²) in [6, 6.07) is 3.25. The summed E-state index contributed by atoms with van der Waals surface area (Å²) in [6.45, 7) is 5.11. The minimum atomic E-state index is -1.11. The Morgan fingerprint density at radius 3 is 2.63 bits per heavy atom. The fourth-order valence-electron chi connectivity index (χ4n) is 1.53. The van der Waals surface area contributed by atoms with Gasteiger partial charge in [-0.1, -0.05) is 25.4 Å². The maximum Gasteiger partial charge on any atom is 0.310 e. The van der Waals surface area contributed by atoms with E-state index in [0.29, 0.717) is 5.69 Å². The molecule has 19 heavy (non-hydrogen) atoms. The van der Waals surface area contributed by atoms with Crippen LogP contribution in [0, 0.1) is 11.3 Å². The van der Waals surface area contributed by atoms with Gasteiger partial charge >= 0.3 is 5.97 Å². The summed E-state index contributed by atoms with van der Waals surface area (Å²) in [5.41, 5.74) is -0.732. The van der Waals surface area contributed by atoms with Gasteiger partial charge in [0.1, 0.15) is 0 Å². The van der Waals surface area contributed by atoms with Crippen LogP contribution < -0.4 is 5.32 Å². The van der Waals surface area contributed by atoms with Crippen molar-refractivity contribution in [1.82, 2.24) is 4.98 Å². The number of hydrogen-bond donors (Lipinski definition) is 2. The molecule has 0 spiro atoms. The molecule has 0 radical (unpaired) electrons. The smallest absolute Gasteiger partial charge is 0.310 e. The molecule has 0 saturated carbocycles. The molecule has 1 unspecified atom stereocenters. The van der Waals surface area contributed by atoms with Crippen molar-refractivity contribution in [3.63, 3.8) is 0 Å². The lowest BCUT2D eigenvalue weighted by Gasteiger charge is -2.28. The number of hydrogen-bond acceptors (Lipinski definition) is 3. The highest BCUT2D eigenvalue weighted by Crippen LogP contribution is 2.32. The van der Waals surface area contributed by atoms with E-state index in [2.05, 4.69) is 10.3 Å². The van der Waals surface area contributed by atoms with E-state index in [0.717, 1.165) is 0 Å². The highest BCUT2D eigenvalue weighted by molar-refractivity contribution is 6.32. The Bertz CT molecular complexity index is 491. The molecule has 0 aromatic carbocycles. The SMILES string of the molecule is CC(C)C(C)(CC(=O)Nc1cccnc1Cl)C(=O)O.